The summed E-state index contributed by atoms with van der Waals surface area (Å²) in [6.07, 6.45) is 3.93. The van der Waals surface area contributed by atoms with Gasteiger partial charge in [0.05, 0.1) is 5.41 Å². The Morgan fingerprint density at radius 3 is 2.50 bits per heavy atom. The molecule has 1 rings (SSSR count). The summed E-state index contributed by atoms with van der Waals surface area (Å²) in [7, 11) is 0. The lowest BCUT2D eigenvalue weighted by molar-refractivity contribution is -0.124. The normalized spacial score (nSPS) is 25.6. The van der Waals surface area contributed by atoms with E-state index in [-0.39, 0.29) is 5.70 Å². The van der Waals surface area contributed by atoms with Crippen LogP contribution in [-0.4, -0.2) is 18.0 Å². The minimum absolute atomic E-state index is 0.190. The van der Waals surface area contributed by atoms with Gasteiger partial charge in [0.1, 0.15) is 5.70 Å². The third-order valence-electron chi connectivity index (χ3n) is 2.48. The zero-order valence-corrected chi connectivity index (χ0v) is 7.99. The molecule has 4 N–H and O–H groups in total. The van der Waals surface area contributed by atoms with Crippen LogP contribution in [-0.2, 0) is 9.59 Å². The van der Waals surface area contributed by atoms with Gasteiger partial charge in [0.25, 0.3) is 5.91 Å². The molecule has 1 aliphatic rings. The number of rotatable bonds is 3. The van der Waals surface area contributed by atoms with E-state index >= 15 is 0 Å². The molecule has 0 fully saturated rings. The van der Waals surface area contributed by atoms with Crippen molar-refractivity contribution in [3.63, 3.8) is 0 Å². The van der Waals surface area contributed by atoms with Gasteiger partial charge in [-0.2, -0.15) is 0 Å². The van der Waals surface area contributed by atoms with Crippen molar-refractivity contribution in [2.24, 2.45) is 21.9 Å². The highest BCUT2D eigenvalue weighted by atomic mass is 16.1. The van der Waals surface area contributed by atoms with E-state index in [0.29, 0.717) is 12.8 Å². The highest BCUT2D eigenvalue weighted by Gasteiger charge is 2.34. The number of allylic oxidation sites excluding steroid dienone is 1. The molecule has 76 valence electrons. The van der Waals surface area contributed by atoms with Gasteiger partial charge in [-0.25, -0.2) is 0 Å². The van der Waals surface area contributed by atoms with Gasteiger partial charge >= 0.3 is 0 Å². The van der Waals surface area contributed by atoms with Crippen LogP contribution in [0.2, 0.25) is 0 Å². The minimum atomic E-state index is -0.751. The average molecular weight is 195 g/mol. The summed E-state index contributed by atoms with van der Waals surface area (Å²) in [6.45, 7) is 1.85. The molecule has 0 aromatic carbocycles. The Morgan fingerprint density at radius 1 is 1.57 bits per heavy atom. The molecule has 0 aromatic heterocycles. The number of nitrogens with two attached hydrogens (primary N) is 2. The van der Waals surface area contributed by atoms with Gasteiger partial charge in [-0.15, -0.1) is 0 Å². The van der Waals surface area contributed by atoms with Crippen LogP contribution in [0.3, 0.4) is 0 Å². The fourth-order valence-corrected chi connectivity index (χ4v) is 1.32. The van der Waals surface area contributed by atoms with Crippen molar-refractivity contribution in [1.82, 2.24) is 0 Å². The Balaban J connectivity index is 2.90. The molecule has 1 unspecified atom stereocenters. The second kappa shape index (κ2) is 3.61. The lowest BCUT2D eigenvalue weighted by Crippen LogP contribution is -2.39. The fourth-order valence-electron chi connectivity index (χ4n) is 1.32. The van der Waals surface area contributed by atoms with E-state index in [9.17, 15) is 9.59 Å². The second-order valence-corrected chi connectivity index (χ2v) is 3.29. The molecule has 0 saturated carbocycles. The van der Waals surface area contributed by atoms with E-state index in [0.717, 1.165) is 0 Å². The third-order valence-corrected chi connectivity index (χ3v) is 2.48. The first-order valence-electron chi connectivity index (χ1n) is 4.37. The predicted octanol–water partition coefficient (Wildman–Crippen LogP) is -0.288. The van der Waals surface area contributed by atoms with E-state index in [1.54, 1.807) is 6.08 Å². The van der Waals surface area contributed by atoms with Crippen molar-refractivity contribution >= 4 is 18.0 Å². The molecule has 1 atom stereocenters. The zero-order valence-electron chi connectivity index (χ0n) is 7.99. The zero-order chi connectivity index (χ0) is 10.8. The highest BCUT2D eigenvalue weighted by molar-refractivity contribution is 6.02. The highest BCUT2D eigenvalue weighted by Crippen LogP contribution is 2.28. The number of aliphatic imine (C=N–C) groups is 1. The summed E-state index contributed by atoms with van der Waals surface area (Å²) < 4.78 is 0. The lowest BCUT2D eigenvalue weighted by Gasteiger charge is -2.25. The van der Waals surface area contributed by atoms with Crippen LogP contribution >= 0.6 is 0 Å². The lowest BCUT2D eigenvalue weighted by atomic mass is 9.80. The molecule has 0 spiro atoms. The second-order valence-electron chi connectivity index (χ2n) is 3.29. The predicted molar refractivity (Wildman–Crippen MR) is 52.3 cm³/mol. The largest absolute Gasteiger partial charge is 0.369 e. The Bertz CT molecular complexity index is 333. The van der Waals surface area contributed by atoms with Crippen LogP contribution in [0, 0.1) is 5.41 Å². The van der Waals surface area contributed by atoms with Crippen LogP contribution < -0.4 is 11.5 Å². The monoisotopic (exact) mass is 195 g/mol. The number of carbonyl (C=O) groups excluding carboxylic acids is 2. The maximum Gasteiger partial charge on any atom is 0.266 e. The summed E-state index contributed by atoms with van der Waals surface area (Å²) in [5.41, 5.74) is 9.73. The third kappa shape index (κ3) is 1.66. The average Bonchev–Trinajstić information content (AvgIpc) is 2.17. The first-order valence-corrected chi connectivity index (χ1v) is 4.37. The van der Waals surface area contributed by atoms with Gasteiger partial charge in [-0.1, -0.05) is 13.0 Å². The van der Waals surface area contributed by atoms with Crippen LogP contribution in [0.4, 0.5) is 0 Å². The Kier molecular flexibility index (Phi) is 2.69. The van der Waals surface area contributed by atoms with Crippen LogP contribution in [0.1, 0.15) is 19.8 Å². The summed E-state index contributed by atoms with van der Waals surface area (Å²) in [4.78, 5) is 25.8. The molecular formula is C9H13N3O2. The molecule has 1 aliphatic heterocycles. The molecule has 5 nitrogen and oxygen atoms in total. The van der Waals surface area contributed by atoms with Crippen molar-refractivity contribution in [3.8, 4) is 0 Å². The molecule has 0 radical (unpaired) electrons. The molecule has 14 heavy (non-hydrogen) atoms. The van der Waals surface area contributed by atoms with Crippen molar-refractivity contribution in [2.75, 3.05) is 0 Å². The van der Waals surface area contributed by atoms with Crippen LogP contribution in [0.25, 0.3) is 0 Å². The van der Waals surface area contributed by atoms with Gasteiger partial charge in [0.2, 0.25) is 5.91 Å². The first-order chi connectivity index (χ1) is 6.52. The number of nitrogens with zero attached hydrogens (tertiary/aromatic N) is 1. The first kappa shape index (κ1) is 10.4. The summed E-state index contributed by atoms with van der Waals surface area (Å²) >= 11 is 0. The van der Waals surface area contributed by atoms with Gasteiger partial charge in [0.15, 0.2) is 0 Å². The fraction of sp³-hybridized carbons (Fsp3) is 0.444. The van der Waals surface area contributed by atoms with Crippen molar-refractivity contribution in [1.29, 1.82) is 0 Å². The summed E-state index contributed by atoms with van der Waals surface area (Å²) in [5.74, 6) is -1.01. The maximum atomic E-state index is 11.2. The van der Waals surface area contributed by atoms with Gasteiger partial charge < -0.3 is 11.5 Å². The Morgan fingerprint density at radius 2 is 2.21 bits per heavy atom. The van der Waals surface area contributed by atoms with Crippen LogP contribution in [0.15, 0.2) is 16.8 Å². The minimum Gasteiger partial charge on any atom is -0.369 e. The molecule has 2 amide bonds. The molecule has 0 saturated heterocycles. The number of hydrogen-bond donors (Lipinski definition) is 2. The smallest absolute Gasteiger partial charge is 0.266 e. The molecular weight excluding hydrogens is 182 g/mol. The van der Waals surface area contributed by atoms with Gasteiger partial charge in [0, 0.05) is 6.21 Å². The van der Waals surface area contributed by atoms with E-state index in [1.807, 2.05) is 6.92 Å². The molecule has 0 aliphatic carbocycles. The van der Waals surface area contributed by atoms with E-state index in [1.165, 1.54) is 6.21 Å². The molecule has 0 bridgehead atoms. The Labute approximate surface area is 81.9 Å². The van der Waals surface area contributed by atoms with Crippen LogP contribution in [0.5, 0.6) is 0 Å². The molecule has 0 aromatic rings. The SMILES string of the molecule is CCC1(C(N)=O)C=NC(C(N)=O)=CC1. The van der Waals surface area contributed by atoms with Crippen molar-refractivity contribution in [3.05, 3.63) is 11.8 Å². The molecule has 1 heterocycles. The number of amides is 2. The summed E-state index contributed by atoms with van der Waals surface area (Å²) in [5, 5.41) is 0. The quantitative estimate of drug-likeness (QED) is 0.646. The van der Waals surface area contributed by atoms with Crippen molar-refractivity contribution in [2.45, 2.75) is 19.8 Å². The Hall–Kier alpha value is -1.65. The van der Waals surface area contributed by atoms with Crippen molar-refractivity contribution < 1.29 is 9.59 Å². The van der Waals surface area contributed by atoms with E-state index in [2.05, 4.69) is 4.99 Å². The maximum absolute atomic E-state index is 11.2. The van der Waals surface area contributed by atoms with Gasteiger partial charge in [-0.3, -0.25) is 14.6 Å². The number of primary amides is 2. The summed E-state index contributed by atoms with van der Waals surface area (Å²) in [6, 6.07) is 0. The van der Waals surface area contributed by atoms with E-state index < -0.39 is 17.2 Å². The number of hydrogen-bond acceptors (Lipinski definition) is 3. The molecule has 5 heteroatoms. The standard InChI is InChI=1S/C9H13N3O2/c1-2-9(8(11)14)4-3-6(7(10)13)12-5-9/h3,5H,2,4H2,1H3,(H2,10,13)(H2,11,14). The van der Waals surface area contributed by atoms with E-state index in [4.69, 9.17) is 11.5 Å². The topological polar surface area (TPSA) is 98.5 Å². The number of carbonyl (C=O) groups is 2. The van der Waals surface area contributed by atoms with Gasteiger partial charge in [-0.05, 0) is 12.8 Å².